The van der Waals surface area contributed by atoms with Crippen LogP contribution in [0, 0.1) is 0 Å². The van der Waals surface area contributed by atoms with Crippen LogP contribution >= 0.6 is 0 Å². The van der Waals surface area contributed by atoms with E-state index in [-0.39, 0.29) is 0 Å². The van der Waals surface area contributed by atoms with Crippen molar-refractivity contribution in [3.05, 3.63) is 29.8 Å². The number of methoxy groups -OCH3 is 1. The summed E-state index contributed by atoms with van der Waals surface area (Å²) in [6, 6.07) is 7.99. The Bertz CT molecular complexity index is 244. The zero-order valence-electron chi connectivity index (χ0n) is 8.41. The Kier molecular flexibility index (Phi) is 3.99. The summed E-state index contributed by atoms with van der Waals surface area (Å²) in [5.74, 6) is 0.894. The van der Waals surface area contributed by atoms with Gasteiger partial charge in [0.2, 0.25) is 0 Å². The molecule has 0 radical (unpaired) electrons. The first-order valence-corrected chi connectivity index (χ1v) is 7.25. The molecule has 0 saturated heterocycles. The van der Waals surface area contributed by atoms with Gasteiger partial charge in [-0.1, -0.05) is 12.1 Å². The van der Waals surface area contributed by atoms with Crippen LogP contribution in [0.2, 0.25) is 13.1 Å². The van der Waals surface area contributed by atoms with Crippen molar-refractivity contribution in [2.75, 3.05) is 7.11 Å². The summed E-state index contributed by atoms with van der Waals surface area (Å²) in [4.78, 5) is 0. The SMILES string of the molecule is COc1ccc(CO[SiH](C)C)cc1. The Balaban J connectivity index is 2.49. The lowest BCUT2D eigenvalue weighted by atomic mass is 10.2. The van der Waals surface area contributed by atoms with Crippen LogP contribution in [0.4, 0.5) is 0 Å². The molecular formula is C10H16O2Si. The quantitative estimate of drug-likeness (QED) is 0.687. The maximum atomic E-state index is 5.60. The first kappa shape index (κ1) is 10.3. The van der Waals surface area contributed by atoms with Gasteiger partial charge >= 0.3 is 0 Å². The Morgan fingerprint density at radius 3 is 2.23 bits per heavy atom. The summed E-state index contributed by atoms with van der Waals surface area (Å²) in [5, 5.41) is 0. The fourth-order valence-electron chi connectivity index (χ4n) is 0.985. The zero-order chi connectivity index (χ0) is 9.68. The predicted octanol–water partition coefficient (Wildman–Crippen LogP) is 2.20. The summed E-state index contributed by atoms with van der Waals surface area (Å²) >= 11 is 0. The van der Waals surface area contributed by atoms with Gasteiger partial charge in [-0.3, -0.25) is 0 Å². The van der Waals surface area contributed by atoms with Crippen LogP contribution in [0.25, 0.3) is 0 Å². The minimum absolute atomic E-state index is 0.730. The molecule has 0 amide bonds. The molecule has 0 saturated carbocycles. The predicted molar refractivity (Wildman–Crippen MR) is 56.7 cm³/mol. The molecule has 1 aromatic rings. The highest BCUT2D eigenvalue weighted by atomic mass is 28.3. The first-order chi connectivity index (χ1) is 6.22. The largest absolute Gasteiger partial charge is 0.497 e. The second kappa shape index (κ2) is 5.04. The van der Waals surface area contributed by atoms with Gasteiger partial charge in [-0.05, 0) is 30.8 Å². The fraction of sp³-hybridized carbons (Fsp3) is 0.400. The lowest BCUT2D eigenvalue weighted by Gasteiger charge is -2.07. The Morgan fingerprint density at radius 2 is 1.77 bits per heavy atom. The third-order valence-corrected chi connectivity index (χ3v) is 2.58. The molecule has 0 heterocycles. The van der Waals surface area contributed by atoms with Crippen LogP contribution < -0.4 is 4.74 Å². The third-order valence-electron chi connectivity index (χ3n) is 1.74. The molecule has 1 aromatic carbocycles. The summed E-state index contributed by atoms with van der Waals surface area (Å²) in [5.41, 5.74) is 1.21. The van der Waals surface area contributed by atoms with E-state index in [1.807, 2.05) is 24.3 Å². The van der Waals surface area contributed by atoms with Crippen molar-refractivity contribution in [2.45, 2.75) is 19.7 Å². The molecule has 13 heavy (non-hydrogen) atoms. The van der Waals surface area contributed by atoms with Crippen molar-refractivity contribution in [3.8, 4) is 5.75 Å². The molecule has 3 heteroatoms. The Labute approximate surface area is 81.2 Å². The smallest absolute Gasteiger partial charge is 0.171 e. The lowest BCUT2D eigenvalue weighted by molar-refractivity contribution is 0.314. The highest BCUT2D eigenvalue weighted by Gasteiger charge is 1.97. The topological polar surface area (TPSA) is 18.5 Å². The van der Waals surface area contributed by atoms with Crippen LogP contribution in [0.5, 0.6) is 5.75 Å². The van der Waals surface area contributed by atoms with Crippen LogP contribution in [0.1, 0.15) is 5.56 Å². The van der Waals surface area contributed by atoms with Gasteiger partial charge in [-0.2, -0.15) is 0 Å². The van der Waals surface area contributed by atoms with E-state index in [1.165, 1.54) is 5.56 Å². The monoisotopic (exact) mass is 196 g/mol. The van der Waals surface area contributed by atoms with Crippen molar-refractivity contribution < 1.29 is 9.16 Å². The van der Waals surface area contributed by atoms with E-state index in [9.17, 15) is 0 Å². The molecule has 0 aromatic heterocycles. The molecule has 0 unspecified atom stereocenters. The molecule has 0 aliphatic rings. The van der Waals surface area contributed by atoms with Gasteiger partial charge in [0.1, 0.15) is 5.75 Å². The van der Waals surface area contributed by atoms with Gasteiger partial charge in [0.05, 0.1) is 13.7 Å². The molecule has 1 rings (SSSR count). The van der Waals surface area contributed by atoms with E-state index < -0.39 is 9.04 Å². The summed E-state index contributed by atoms with van der Waals surface area (Å²) in [7, 11) is 0.782. The van der Waals surface area contributed by atoms with Crippen LogP contribution in [0.3, 0.4) is 0 Å². The van der Waals surface area contributed by atoms with Crippen molar-refractivity contribution >= 4 is 9.04 Å². The second-order valence-electron chi connectivity index (χ2n) is 3.21. The molecule has 0 bridgehead atoms. The van der Waals surface area contributed by atoms with Gasteiger partial charge in [-0.25, -0.2) is 0 Å². The molecule has 0 N–H and O–H groups in total. The molecule has 0 fully saturated rings. The molecule has 2 nitrogen and oxygen atoms in total. The van der Waals surface area contributed by atoms with Gasteiger partial charge in [0.25, 0.3) is 0 Å². The van der Waals surface area contributed by atoms with E-state index in [0.29, 0.717) is 0 Å². The minimum Gasteiger partial charge on any atom is -0.497 e. The third kappa shape index (κ3) is 3.61. The average Bonchev–Trinajstić information content (AvgIpc) is 2.15. The van der Waals surface area contributed by atoms with Gasteiger partial charge in [0.15, 0.2) is 9.04 Å². The summed E-state index contributed by atoms with van der Waals surface area (Å²) < 4.78 is 10.7. The number of hydrogen-bond acceptors (Lipinski definition) is 2. The van der Waals surface area contributed by atoms with Gasteiger partial charge < -0.3 is 9.16 Å². The molecule has 0 spiro atoms. The number of rotatable bonds is 4. The van der Waals surface area contributed by atoms with Crippen LogP contribution in [-0.2, 0) is 11.0 Å². The molecule has 0 aliphatic carbocycles. The lowest BCUT2D eigenvalue weighted by Crippen LogP contribution is -2.06. The van der Waals surface area contributed by atoms with E-state index in [0.717, 1.165) is 12.4 Å². The van der Waals surface area contributed by atoms with E-state index >= 15 is 0 Å². The van der Waals surface area contributed by atoms with E-state index in [2.05, 4.69) is 13.1 Å². The van der Waals surface area contributed by atoms with Crippen molar-refractivity contribution in [3.63, 3.8) is 0 Å². The Morgan fingerprint density at radius 1 is 1.15 bits per heavy atom. The molecule has 72 valence electrons. The molecule has 0 atom stereocenters. The van der Waals surface area contributed by atoms with E-state index in [4.69, 9.17) is 9.16 Å². The van der Waals surface area contributed by atoms with Crippen molar-refractivity contribution in [1.29, 1.82) is 0 Å². The maximum Gasteiger partial charge on any atom is 0.171 e. The highest BCUT2D eigenvalue weighted by Crippen LogP contribution is 2.11. The number of hydrogen-bond donors (Lipinski definition) is 0. The number of benzene rings is 1. The van der Waals surface area contributed by atoms with Crippen LogP contribution in [0.15, 0.2) is 24.3 Å². The normalized spacial score (nSPS) is 10.5. The van der Waals surface area contributed by atoms with Gasteiger partial charge in [0, 0.05) is 0 Å². The van der Waals surface area contributed by atoms with Crippen LogP contribution in [-0.4, -0.2) is 16.2 Å². The summed E-state index contributed by atoms with van der Waals surface area (Å²) in [6.45, 7) is 5.07. The maximum absolute atomic E-state index is 5.60. The Hall–Kier alpha value is -0.803. The molecular weight excluding hydrogens is 180 g/mol. The van der Waals surface area contributed by atoms with Crippen molar-refractivity contribution in [2.24, 2.45) is 0 Å². The standard InChI is InChI=1S/C10H16O2Si/c1-11-10-6-4-9(5-7-10)8-12-13(2)3/h4-7,13H,8H2,1-3H3. The average molecular weight is 196 g/mol. The molecule has 0 aliphatic heterocycles. The van der Waals surface area contributed by atoms with Crippen molar-refractivity contribution in [1.82, 2.24) is 0 Å². The van der Waals surface area contributed by atoms with E-state index in [1.54, 1.807) is 7.11 Å². The first-order valence-electron chi connectivity index (χ1n) is 4.47. The fourth-order valence-corrected chi connectivity index (χ4v) is 1.51. The number of ether oxygens (including phenoxy) is 1. The highest BCUT2D eigenvalue weighted by molar-refractivity contribution is 6.48. The van der Waals surface area contributed by atoms with Gasteiger partial charge in [-0.15, -0.1) is 0 Å². The second-order valence-corrected chi connectivity index (χ2v) is 5.64. The summed E-state index contributed by atoms with van der Waals surface area (Å²) in [6.07, 6.45) is 0. The zero-order valence-corrected chi connectivity index (χ0v) is 9.57. The minimum atomic E-state index is -0.891.